The molecule has 4 amide bonds. The Hall–Kier alpha value is -4.02. The first-order chi connectivity index (χ1) is 18.8. The van der Waals surface area contributed by atoms with Gasteiger partial charge >= 0.3 is 6.03 Å². The molecule has 0 aromatic heterocycles. The molecule has 39 heavy (non-hydrogen) atoms. The highest BCUT2D eigenvalue weighted by Crippen LogP contribution is 2.38. The Kier molecular flexibility index (Phi) is 9.11. The second-order valence-corrected chi connectivity index (χ2v) is 9.63. The number of hydrogen-bond donors (Lipinski definition) is 2. The maximum Gasteiger partial charge on any atom is 0.329 e. The number of carbonyl (C=O) groups is 3. The molecule has 3 aromatic rings. The second kappa shape index (κ2) is 12.7. The summed E-state index contributed by atoms with van der Waals surface area (Å²) in [6.45, 7) is 1.98. The fourth-order valence-corrected chi connectivity index (χ4v) is 4.31. The third-order valence-electron chi connectivity index (χ3n) is 5.58. The van der Waals surface area contributed by atoms with Crippen LogP contribution in [0.5, 0.6) is 17.2 Å². The van der Waals surface area contributed by atoms with E-state index in [4.69, 9.17) is 25.8 Å². The van der Waals surface area contributed by atoms with Crippen LogP contribution in [0.25, 0.3) is 6.08 Å². The Bertz CT molecular complexity index is 1430. The van der Waals surface area contributed by atoms with Gasteiger partial charge in [-0.1, -0.05) is 51.8 Å². The number of halogens is 2. The summed E-state index contributed by atoms with van der Waals surface area (Å²) in [6.07, 6.45) is 1.46. The quantitative estimate of drug-likeness (QED) is 0.227. The van der Waals surface area contributed by atoms with Crippen LogP contribution in [0, 0.1) is 0 Å². The summed E-state index contributed by atoms with van der Waals surface area (Å²) in [5.74, 6) is -0.00769. The molecular formula is C28H25BrClN3O6. The van der Waals surface area contributed by atoms with Crippen LogP contribution in [0.1, 0.15) is 18.1 Å². The Labute approximate surface area is 238 Å². The van der Waals surface area contributed by atoms with Crippen LogP contribution in [-0.2, 0) is 16.2 Å². The monoisotopic (exact) mass is 613 g/mol. The highest BCUT2D eigenvalue weighted by Gasteiger charge is 2.35. The van der Waals surface area contributed by atoms with Gasteiger partial charge in [0.2, 0.25) is 5.91 Å². The Morgan fingerprint density at radius 3 is 2.54 bits per heavy atom. The molecular weight excluding hydrogens is 590 g/mol. The minimum absolute atomic E-state index is 0.00728. The van der Waals surface area contributed by atoms with E-state index in [-0.39, 0.29) is 17.3 Å². The number of nitrogens with one attached hydrogen (secondary N) is 2. The molecule has 3 aromatic carbocycles. The molecule has 0 aliphatic carbocycles. The predicted octanol–water partition coefficient (Wildman–Crippen LogP) is 5.62. The van der Waals surface area contributed by atoms with Gasteiger partial charge in [-0.15, -0.1) is 0 Å². The Morgan fingerprint density at radius 2 is 1.82 bits per heavy atom. The number of imide groups is 1. The van der Waals surface area contributed by atoms with Crippen LogP contribution >= 0.6 is 27.5 Å². The van der Waals surface area contributed by atoms with Crippen molar-refractivity contribution in [2.75, 3.05) is 25.6 Å². The summed E-state index contributed by atoms with van der Waals surface area (Å²) >= 11 is 9.93. The maximum atomic E-state index is 13.0. The summed E-state index contributed by atoms with van der Waals surface area (Å²) in [6, 6.07) is 17.0. The van der Waals surface area contributed by atoms with E-state index in [2.05, 4.69) is 26.6 Å². The molecule has 1 aliphatic heterocycles. The van der Waals surface area contributed by atoms with Gasteiger partial charge < -0.3 is 24.8 Å². The summed E-state index contributed by atoms with van der Waals surface area (Å²) in [4.78, 5) is 38.8. The number of hydrogen-bond acceptors (Lipinski definition) is 6. The first-order valence-electron chi connectivity index (χ1n) is 11.9. The molecule has 0 atom stereocenters. The van der Waals surface area contributed by atoms with Crippen LogP contribution in [0.3, 0.4) is 0 Å². The van der Waals surface area contributed by atoms with Crippen molar-refractivity contribution in [3.63, 3.8) is 0 Å². The first-order valence-corrected chi connectivity index (χ1v) is 13.1. The molecule has 0 bridgehead atoms. The van der Waals surface area contributed by atoms with Gasteiger partial charge in [0.15, 0.2) is 11.5 Å². The van der Waals surface area contributed by atoms with E-state index in [1.165, 1.54) is 13.2 Å². The van der Waals surface area contributed by atoms with Gasteiger partial charge in [0.05, 0.1) is 24.4 Å². The van der Waals surface area contributed by atoms with Crippen molar-refractivity contribution < 1.29 is 28.6 Å². The minimum atomic E-state index is -0.716. The molecule has 0 unspecified atom stereocenters. The number of carbonyl (C=O) groups excluding carboxylic acids is 3. The van der Waals surface area contributed by atoms with Gasteiger partial charge in [-0.3, -0.25) is 9.59 Å². The molecule has 4 rings (SSSR count). The normalized spacial score (nSPS) is 13.8. The lowest BCUT2D eigenvalue weighted by Gasteiger charge is -2.15. The van der Waals surface area contributed by atoms with Crippen LogP contribution < -0.4 is 24.8 Å². The van der Waals surface area contributed by atoms with Gasteiger partial charge in [-0.25, -0.2) is 9.69 Å². The number of ether oxygens (including phenoxy) is 3. The molecule has 0 spiro atoms. The summed E-state index contributed by atoms with van der Waals surface area (Å²) in [5, 5.41) is 5.43. The van der Waals surface area contributed by atoms with Gasteiger partial charge in [0.25, 0.3) is 5.91 Å². The van der Waals surface area contributed by atoms with E-state index in [1.54, 1.807) is 36.4 Å². The zero-order chi connectivity index (χ0) is 27.9. The lowest BCUT2D eigenvalue weighted by atomic mass is 10.1. The molecule has 202 valence electrons. The zero-order valence-electron chi connectivity index (χ0n) is 21.1. The fourth-order valence-electron chi connectivity index (χ4n) is 3.77. The van der Waals surface area contributed by atoms with Gasteiger partial charge in [0.1, 0.15) is 24.6 Å². The maximum absolute atomic E-state index is 13.0. The third kappa shape index (κ3) is 6.90. The summed E-state index contributed by atoms with van der Waals surface area (Å²) in [7, 11) is 1.48. The van der Waals surface area contributed by atoms with Crippen molar-refractivity contribution >= 4 is 57.1 Å². The molecule has 0 radical (unpaired) electrons. The van der Waals surface area contributed by atoms with Crippen LogP contribution in [0.4, 0.5) is 10.5 Å². The second-order valence-electron chi connectivity index (χ2n) is 8.31. The van der Waals surface area contributed by atoms with Crippen molar-refractivity contribution in [3.8, 4) is 17.2 Å². The number of benzene rings is 3. The van der Waals surface area contributed by atoms with Crippen LogP contribution in [0.15, 0.2) is 70.8 Å². The molecule has 0 saturated carbocycles. The van der Waals surface area contributed by atoms with Crippen molar-refractivity contribution in [1.82, 2.24) is 10.2 Å². The molecule has 2 N–H and O–H groups in total. The summed E-state index contributed by atoms with van der Waals surface area (Å²) in [5.41, 5.74) is 1.86. The number of para-hydroxylation sites is 2. The standard InChI is InChI=1S/C28H25BrClN3O6/c1-3-38-24-14-18(12-20(30)26(24)39-16-17-8-10-19(29)11-9-17)13-22-27(35)33(28(36)32-22)15-25(34)31-21-6-4-5-7-23(21)37-2/h4-14H,3,15-16H2,1-2H3,(H,31,34)(H,32,36)/b22-13+. The van der Waals surface area contributed by atoms with Gasteiger partial charge in [-0.2, -0.15) is 0 Å². The zero-order valence-corrected chi connectivity index (χ0v) is 23.5. The molecule has 9 nitrogen and oxygen atoms in total. The summed E-state index contributed by atoms with van der Waals surface area (Å²) < 4.78 is 17.9. The molecule has 1 saturated heterocycles. The van der Waals surface area contributed by atoms with E-state index in [9.17, 15) is 14.4 Å². The van der Waals surface area contributed by atoms with Gasteiger partial charge in [-0.05, 0) is 60.5 Å². The third-order valence-corrected chi connectivity index (χ3v) is 6.39. The number of nitrogens with zero attached hydrogens (tertiary/aromatic N) is 1. The molecule has 11 heteroatoms. The van der Waals surface area contributed by atoms with Crippen molar-refractivity contribution in [1.29, 1.82) is 0 Å². The number of amides is 4. The smallest absolute Gasteiger partial charge is 0.329 e. The van der Waals surface area contributed by atoms with Crippen molar-refractivity contribution in [2.45, 2.75) is 13.5 Å². The topological polar surface area (TPSA) is 106 Å². The van der Waals surface area contributed by atoms with E-state index in [0.717, 1.165) is 14.9 Å². The minimum Gasteiger partial charge on any atom is -0.495 e. The fraction of sp³-hybridized carbons (Fsp3) is 0.179. The largest absolute Gasteiger partial charge is 0.495 e. The average molecular weight is 615 g/mol. The van der Waals surface area contributed by atoms with Crippen LogP contribution in [-0.4, -0.2) is 43.0 Å². The Balaban J connectivity index is 1.49. The average Bonchev–Trinajstić information content (AvgIpc) is 3.16. The van der Waals surface area contributed by atoms with Gasteiger partial charge in [0, 0.05) is 4.47 Å². The SMILES string of the molecule is CCOc1cc(/C=C2/NC(=O)N(CC(=O)Nc3ccccc3OC)C2=O)cc(Cl)c1OCc1ccc(Br)cc1. The van der Waals surface area contributed by atoms with Crippen molar-refractivity contribution in [2.24, 2.45) is 0 Å². The number of urea groups is 1. The van der Waals surface area contributed by atoms with E-state index < -0.39 is 24.4 Å². The Morgan fingerprint density at radius 1 is 1.08 bits per heavy atom. The van der Waals surface area contributed by atoms with E-state index in [0.29, 0.717) is 35.1 Å². The van der Waals surface area contributed by atoms with Crippen LogP contribution in [0.2, 0.25) is 5.02 Å². The van der Waals surface area contributed by atoms with Crippen molar-refractivity contribution in [3.05, 3.63) is 87.0 Å². The number of anilines is 1. The lowest BCUT2D eigenvalue weighted by Crippen LogP contribution is -2.38. The van der Waals surface area contributed by atoms with E-state index in [1.807, 2.05) is 31.2 Å². The number of methoxy groups -OCH3 is 1. The number of rotatable bonds is 10. The molecule has 1 fully saturated rings. The highest BCUT2D eigenvalue weighted by atomic mass is 79.9. The predicted molar refractivity (Wildman–Crippen MR) is 151 cm³/mol. The first kappa shape index (κ1) is 28.0. The molecule has 1 heterocycles. The lowest BCUT2D eigenvalue weighted by molar-refractivity contribution is -0.127. The molecule has 1 aliphatic rings. The van der Waals surface area contributed by atoms with E-state index >= 15 is 0 Å². The highest BCUT2D eigenvalue weighted by molar-refractivity contribution is 9.10.